The third kappa shape index (κ3) is 3.50. The van der Waals surface area contributed by atoms with E-state index in [-0.39, 0.29) is 11.5 Å². The van der Waals surface area contributed by atoms with E-state index >= 15 is 0 Å². The molecule has 7 aromatic rings. The molecule has 0 atom stereocenters. The molecule has 0 N–H and O–H groups in total. The Hall–Kier alpha value is -6.24. The van der Waals surface area contributed by atoms with Crippen LogP contribution in [0.4, 0.5) is 22.9 Å². The lowest BCUT2D eigenvalue weighted by atomic mass is 9.95. The van der Waals surface area contributed by atoms with Crippen molar-refractivity contribution in [1.29, 1.82) is 5.26 Å². The number of hydrogen-bond donors (Lipinski definition) is 0. The van der Waals surface area contributed by atoms with Crippen molar-refractivity contribution in [2.45, 2.75) is 0 Å². The van der Waals surface area contributed by atoms with Crippen LogP contribution in [0.25, 0.3) is 48.6 Å². The first-order valence-electron chi connectivity index (χ1n) is 13.4. The molecule has 0 aliphatic carbocycles. The van der Waals surface area contributed by atoms with Crippen LogP contribution in [0.3, 0.4) is 0 Å². The van der Waals surface area contributed by atoms with Crippen LogP contribution in [-0.4, -0.2) is 9.97 Å². The van der Waals surface area contributed by atoms with Gasteiger partial charge in [-0.25, -0.2) is 4.98 Å². The van der Waals surface area contributed by atoms with Crippen LogP contribution in [-0.2, 0) is 0 Å². The second-order valence-electron chi connectivity index (χ2n) is 10.0. The van der Waals surface area contributed by atoms with Crippen molar-refractivity contribution < 1.29 is 4.74 Å². The van der Waals surface area contributed by atoms with Crippen LogP contribution in [0.5, 0.6) is 11.5 Å². The summed E-state index contributed by atoms with van der Waals surface area (Å²) >= 11 is 0. The molecule has 8 rings (SSSR count). The maximum absolute atomic E-state index is 9.61. The smallest absolute Gasteiger partial charge is 0.307 e. The Morgan fingerprint density at radius 1 is 0.643 bits per heavy atom. The van der Waals surface area contributed by atoms with Crippen molar-refractivity contribution in [3.05, 3.63) is 132 Å². The van der Waals surface area contributed by atoms with Gasteiger partial charge in [-0.15, -0.1) is 4.98 Å². The van der Waals surface area contributed by atoms with E-state index in [0.717, 1.165) is 61.2 Å². The third-order valence-corrected chi connectivity index (χ3v) is 7.73. The van der Waals surface area contributed by atoms with Gasteiger partial charge in [-0.3, -0.25) is 0 Å². The minimum Gasteiger partial charge on any atom is -0.453 e. The lowest BCUT2D eigenvalue weighted by Gasteiger charge is -2.32. The van der Waals surface area contributed by atoms with E-state index in [2.05, 4.69) is 74.3 Å². The van der Waals surface area contributed by atoms with Gasteiger partial charge in [-0.05, 0) is 70.4 Å². The minimum atomic E-state index is 0.0247. The van der Waals surface area contributed by atoms with Gasteiger partial charge in [0, 0.05) is 16.5 Å². The third-order valence-electron chi connectivity index (χ3n) is 7.73. The zero-order valence-electron chi connectivity index (χ0n) is 22.1. The van der Waals surface area contributed by atoms with Gasteiger partial charge in [0.15, 0.2) is 22.7 Å². The minimum absolute atomic E-state index is 0.0247. The molecule has 194 valence electrons. The maximum Gasteiger partial charge on any atom is 0.307 e. The number of nitrogens with zero attached hydrogens (tertiary/aromatic N) is 5. The molecule has 2 heterocycles. The van der Waals surface area contributed by atoms with Gasteiger partial charge < -0.3 is 14.5 Å². The number of fused-ring (bicyclic) bond motifs is 8. The van der Waals surface area contributed by atoms with E-state index < -0.39 is 0 Å². The average molecular weight is 538 g/mol. The molecule has 0 spiro atoms. The topological polar surface area (TPSA) is 66.4 Å². The summed E-state index contributed by atoms with van der Waals surface area (Å²) in [6.45, 7) is 7.47. The van der Waals surface area contributed by atoms with Crippen molar-refractivity contribution in [1.82, 2.24) is 9.97 Å². The molecule has 0 fully saturated rings. The highest BCUT2D eigenvalue weighted by molar-refractivity contribution is 6.23. The molecule has 0 saturated carbocycles. The Morgan fingerprint density at radius 2 is 1.24 bits per heavy atom. The zero-order valence-corrected chi connectivity index (χ0v) is 22.1. The second kappa shape index (κ2) is 9.16. The fraction of sp³-hybridized carbons (Fsp3) is 0. The quantitative estimate of drug-likeness (QED) is 0.162. The fourth-order valence-corrected chi connectivity index (χ4v) is 5.82. The molecule has 0 amide bonds. The van der Waals surface area contributed by atoms with Crippen molar-refractivity contribution in [3.63, 3.8) is 0 Å². The summed E-state index contributed by atoms with van der Waals surface area (Å²) in [5.41, 5.74) is 6.46. The van der Waals surface area contributed by atoms with Crippen LogP contribution < -0.4 is 9.64 Å². The normalized spacial score (nSPS) is 11.9. The summed E-state index contributed by atoms with van der Waals surface area (Å²) < 4.78 is 6.17. The number of ether oxygens (including phenoxy) is 1. The molecule has 6 heteroatoms. The molecule has 0 bridgehead atoms. The lowest BCUT2D eigenvalue weighted by molar-refractivity contribution is 0.477. The van der Waals surface area contributed by atoms with E-state index in [1.54, 1.807) is 0 Å². The fourth-order valence-electron chi connectivity index (χ4n) is 5.82. The number of nitriles is 1. The van der Waals surface area contributed by atoms with Gasteiger partial charge in [0.2, 0.25) is 0 Å². The Labute approximate surface area is 241 Å². The predicted molar refractivity (Wildman–Crippen MR) is 166 cm³/mol. The Balaban J connectivity index is 1.28. The van der Waals surface area contributed by atoms with Crippen LogP contribution in [0, 0.1) is 17.9 Å². The zero-order chi connectivity index (χ0) is 28.2. The molecular weight excluding hydrogens is 518 g/mol. The van der Waals surface area contributed by atoms with E-state index in [0.29, 0.717) is 11.0 Å². The van der Waals surface area contributed by atoms with Gasteiger partial charge >= 0.3 is 5.82 Å². The van der Waals surface area contributed by atoms with E-state index in [4.69, 9.17) is 11.3 Å². The lowest BCUT2D eigenvalue weighted by Crippen LogP contribution is -2.15. The SMILES string of the molecule is [C-]#[N+]c1nc2c3ccccc3c3cc(-c4ccc(N5c6ccccc6Oc6ccccc65)cc4)ccc3c2nc1C#N. The molecular formula is C36H19N5O. The molecule has 1 aliphatic heterocycles. The number of anilines is 3. The molecule has 1 aliphatic rings. The summed E-state index contributed by atoms with van der Waals surface area (Å²) in [6, 6.07) is 41.0. The number of rotatable bonds is 2. The predicted octanol–water partition coefficient (Wildman–Crippen LogP) is 9.60. The number of para-hydroxylation sites is 4. The highest BCUT2D eigenvalue weighted by Gasteiger charge is 2.25. The summed E-state index contributed by atoms with van der Waals surface area (Å²) in [4.78, 5) is 14.8. The second-order valence-corrected chi connectivity index (χ2v) is 10.0. The summed E-state index contributed by atoms with van der Waals surface area (Å²) in [5, 5.41) is 13.4. The standard InChI is InChI=1S/C36H19N5O/c1-38-36-29(21-37)39-34-27-19-16-23(20-28(27)25-8-2-3-9-26(25)35(34)40-36)22-14-17-24(18-15-22)41-30-10-4-6-12-32(30)42-33-13-7-5-11-31(33)41/h2-20H. The monoisotopic (exact) mass is 537 g/mol. The molecule has 6 aromatic carbocycles. The largest absolute Gasteiger partial charge is 0.453 e. The molecule has 1 aromatic heterocycles. The summed E-state index contributed by atoms with van der Waals surface area (Å²) in [5.74, 6) is 1.66. The molecule has 42 heavy (non-hydrogen) atoms. The molecule has 0 saturated heterocycles. The van der Waals surface area contributed by atoms with Gasteiger partial charge in [-0.2, -0.15) is 5.26 Å². The highest BCUT2D eigenvalue weighted by Crippen LogP contribution is 2.50. The Kier molecular flexibility index (Phi) is 5.15. The first-order valence-corrected chi connectivity index (χ1v) is 13.4. The molecule has 0 radical (unpaired) electrons. The number of benzene rings is 6. The van der Waals surface area contributed by atoms with E-state index in [1.807, 2.05) is 66.7 Å². The first kappa shape index (κ1) is 23.6. The number of aromatic nitrogens is 2. The van der Waals surface area contributed by atoms with Crippen LogP contribution in [0.2, 0.25) is 0 Å². The van der Waals surface area contributed by atoms with Crippen molar-refractivity contribution in [2.75, 3.05) is 4.90 Å². The van der Waals surface area contributed by atoms with Crippen molar-refractivity contribution in [2.24, 2.45) is 0 Å². The van der Waals surface area contributed by atoms with Crippen molar-refractivity contribution in [3.8, 4) is 28.7 Å². The van der Waals surface area contributed by atoms with E-state index in [9.17, 15) is 5.26 Å². The maximum atomic E-state index is 9.61. The van der Waals surface area contributed by atoms with Crippen LogP contribution in [0.15, 0.2) is 115 Å². The van der Waals surface area contributed by atoms with Crippen LogP contribution >= 0.6 is 0 Å². The average Bonchev–Trinajstić information content (AvgIpc) is 3.06. The summed E-state index contributed by atoms with van der Waals surface area (Å²) in [6.07, 6.45) is 0. The molecule has 6 nitrogen and oxygen atoms in total. The van der Waals surface area contributed by atoms with Gasteiger partial charge in [-0.1, -0.05) is 73.3 Å². The van der Waals surface area contributed by atoms with Crippen LogP contribution in [0.1, 0.15) is 5.69 Å². The van der Waals surface area contributed by atoms with Gasteiger partial charge in [0.1, 0.15) is 11.6 Å². The number of hydrogen-bond acceptors (Lipinski definition) is 5. The van der Waals surface area contributed by atoms with E-state index in [1.165, 1.54) is 0 Å². The van der Waals surface area contributed by atoms with Crippen molar-refractivity contribution >= 4 is 55.5 Å². The Morgan fingerprint density at radius 3 is 1.93 bits per heavy atom. The summed E-state index contributed by atoms with van der Waals surface area (Å²) in [7, 11) is 0. The van der Waals surface area contributed by atoms with Gasteiger partial charge in [0.25, 0.3) is 0 Å². The Bertz CT molecular complexity index is 2270. The van der Waals surface area contributed by atoms with Gasteiger partial charge in [0.05, 0.1) is 11.4 Å². The highest BCUT2D eigenvalue weighted by atomic mass is 16.5. The first-order chi connectivity index (χ1) is 20.7. The molecule has 0 unspecified atom stereocenters.